The molecular formula is C52H52N2. The Kier molecular flexibility index (Phi) is 9.40. The lowest BCUT2D eigenvalue weighted by atomic mass is 9.91. The molecule has 0 unspecified atom stereocenters. The predicted molar refractivity (Wildman–Crippen MR) is 236 cm³/mol. The minimum atomic E-state index is 0.430. The van der Waals surface area contributed by atoms with Gasteiger partial charge in [-0.1, -0.05) is 140 Å². The predicted octanol–water partition coefficient (Wildman–Crippen LogP) is 16.0. The van der Waals surface area contributed by atoms with Crippen LogP contribution in [0, 0.1) is 0 Å². The molecule has 0 heterocycles. The van der Waals surface area contributed by atoms with E-state index >= 15 is 0 Å². The van der Waals surface area contributed by atoms with Crippen LogP contribution in [0.2, 0.25) is 0 Å². The molecule has 8 aromatic carbocycles. The third kappa shape index (κ3) is 6.38. The molecule has 8 rings (SSSR count). The second kappa shape index (κ2) is 14.3. The van der Waals surface area contributed by atoms with E-state index in [1.54, 1.807) is 0 Å². The zero-order valence-corrected chi connectivity index (χ0v) is 33.1. The minimum Gasteiger partial charge on any atom is -0.310 e. The summed E-state index contributed by atoms with van der Waals surface area (Å²) in [7, 11) is 0. The number of rotatable bonds is 10. The van der Waals surface area contributed by atoms with E-state index in [9.17, 15) is 0 Å². The lowest BCUT2D eigenvalue weighted by Crippen LogP contribution is -2.12. The highest BCUT2D eigenvalue weighted by molar-refractivity contribution is 6.28. The van der Waals surface area contributed by atoms with Crippen molar-refractivity contribution in [1.29, 1.82) is 0 Å². The van der Waals surface area contributed by atoms with Gasteiger partial charge in [0.2, 0.25) is 0 Å². The molecule has 0 N–H and O–H groups in total. The first-order valence-corrected chi connectivity index (χ1v) is 19.8. The molecule has 0 aliphatic heterocycles. The molecule has 0 amide bonds. The molecule has 0 atom stereocenters. The lowest BCUT2D eigenvalue weighted by Gasteiger charge is -2.30. The smallest absolute Gasteiger partial charge is 0.0540 e. The highest BCUT2D eigenvalue weighted by atomic mass is 15.1. The first-order chi connectivity index (χ1) is 26.1. The van der Waals surface area contributed by atoms with Gasteiger partial charge in [-0.2, -0.15) is 0 Å². The van der Waals surface area contributed by atoms with Gasteiger partial charge >= 0.3 is 0 Å². The molecule has 0 aliphatic carbocycles. The van der Waals surface area contributed by atoms with Crippen molar-refractivity contribution >= 4 is 66.4 Å². The van der Waals surface area contributed by atoms with Crippen LogP contribution in [-0.2, 0) is 0 Å². The summed E-state index contributed by atoms with van der Waals surface area (Å²) in [5, 5.41) is 7.63. The molecule has 0 radical (unpaired) electrons. The van der Waals surface area contributed by atoms with E-state index in [0.717, 1.165) is 0 Å². The van der Waals surface area contributed by atoms with Gasteiger partial charge in [0, 0.05) is 33.5 Å². The van der Waals surface area contributed by atoms with Crippen LogP contribution in [0.4, 0.5) is 34.1 Å². The number of hydrogen-bond acceptors (Lipinski definition) is 2. The Bertz CT molecular complexity index is 2310. The van der Waals surface area contributed by atoms with Crippen molar-refractivity contribution in [2.75, 3.05) is 9.80 Å². The summed E-state index contributed by atoms with van der Waals surface area (Å²) in [6, 6.07) is 55.0. The van der Waals surface area contributed by atoms with Gasteiger partial charge in [-0.25, -0.2) is 0 Å². The largest absolute Gasteiger partial charge is 0.310 e. The number of hydrogen-bond donors (Lipinski definition) is 0. The molecule has 0 bridgehead atoms. The molecule has 0 saturated heterocycles. The van der Waals surface area contributed by atoms with E-state index in [4.69, 9.17) is 0 Å². The Hall–Kier alpha value is -5.60. The van der Waals surface area contributed by atoms with Gasteiger partial charge in [0.15, 0.2) is 0 Å². The van der Waals surface area contributed by atoms with Gasteiger partial charge in [0.25, 0.3) is 0 Å². The summed E-state index contributed by atoms with van der Waals surface area (Å²) in [6.45, 7) is 18.2. The first kappa shape index (κ1) is 35.4. The van der Waals surface area contributed by atoms with Crippen LogP contribution < -0.4 is 9.80 Å². The van der Waals surface area contributed by atoms with Crippen LogP contribution in [0.15, 0.2) is 146 Å². The molecule has 270 valence electrons. The average molecular weight is 705 g/mol. The lowest BCUT2D eigenvalue weighted by molar-refractivity contribution is 0.864. The fraction of sp³-hybridized carbons (Fsp3) is 0.231. The fourth-order valence-electron chi connectivity index (χ4n) is 8.11. The standard InChI is InChI=1S/C52H52N2/c1-33(2)39-13-9-17-43(29-39)53(44-18-10-14-40(30-44)34(3)4)49-27-23-37-22-26-48-50(28-24-38-21-25-47(49)51(37)52(38)48)54(45-19-11-15-41(31-45)35(5)6)46-20-12-16-42(32-46)36(7)8/h9-36H,1-8H3. The van der Waals surface area contributed by atoms with Crippen molar-refractivity contribution in [3.63, 3.8) is 0 Å². The van der Waals surface area contributed by atoms with Crippen LogP contribution in [0.5, 0.6) is 0 Å². The number of benzene rings is 8. The van der Waals surface area contributed by atoms with Gasteiger partial charge < -0.3 is 9.80 Å². The zero-order chi connectivity index (χ0) is 37.7. The molecule has 54 heavy (non-hydrogen) atoms. The van der Waals surface area contributed by atoms with E-state index < -0.39 is 0 Å². The summed E-state index contributed by atoms with van der Waals surface area (Å²) in [5.74, 6) is 1.72. The van der Waals surface area contributed by atoms with E-state index in [-0.39, 0.29) is 0 Å². The molecule has 8 aromatic rings. The quantitative estimate of drug-likeness (QED) is 0.131. The molecule has 2 heteroatoms. The SMILES string of the molecule is CC(C)c1cccc(N(c2cccc(C(C)C)c2)c2ccc3ccc4c(N(c5cccc(C(C)C)c5)c5cccc(C(C)C)c5)ccc5ccc2c3c54)c1. The van der Waals surface area contributed by atoms with Crippen molar-refractivity contribution in [3.05, 3.63) is 168 Å². The third-order valence-corrected chi connectivity index (χ3v) is 11.3. The van der Waals surface area contributed by atoms with Crippen molar-refractivity contribution in [1.82, 2.24) is 0 Å². The summed E-state index contributed by atoms with van der Waals surface area (Å²) >= 11 is 0. The zero-order valence-electron chi connectivity index (χ0n) is 33.1. The minimum absolute atomic E-state index is 0.430. The van der Waals surface area contributed by atoms with Crippen molar-refractivity contribution < 1.29 is 0 Å². The Balaban J connectivity index is 1.40. The monoisotopic (exact) mass is 704 g/mol. The van der Waals surface area contributed by atoms with Crippen LogP contribution in [0.25, 0.3) is 32.3 Å². The van der Waals surface area contributed by atoms with E-state index in [1.165, 1.54) is 88.7 Å². The highest BCUT2D eigenvalue weighted by Gasteiger charge is 2.23. The molecular weight excluding hydrogens is 653 g/mol. The van der Waals surface area contributed by atoms with E-state index in [1.807, 2.05) is 0 Å². The molecule has 0 aliphatic rings. The normalized spacial score (nSPS) is 12.0. The second-order valence-electron chi connectivity index (χ2n) is 16.3. The topological polar surface area (TPSA) is 6.48 Å². The average Bonchev–Trinajstić information content (AvgIpc) is 3.18. The summed E-state index contributed by atoms with van der Waals surface area (Å²) in [5.41, 5.74) is 12.4. The Morgan fingerprint density at radius 2 is 0.593 bits per heavy atom. The van der Waals surface area contributed by atoms with E-state index in [2.05, 4.69) is 211 Å². The van der Waals surface area contributed by atoms with Crippen LogP contribution >= 0.6 is 0 Å². The molecule has 0 aromatic heterocycles. The van der Waals surface area contributed by atoms with Crippen LogP contribution in [0.3, 0.4) is 0 Å². The van der Waals surface area contributed by atoms with Gasteiger partial charge in [-0.15, -0.1) is 0 Å². The Labute approximate surface area is 322 Å². The summed E-state index contributed by atoms with van der Waals surface area (Å²) in [6.07, 6.45) is 0. The molecule has 2 nitrogen and oxygen atoms in total. The van der Waals surface area contributed by atoms with Gasteiger partial charge in [-0.3, -0.25) is 0 Å². The number of anilines is 6. The van der Waals surface area contributed by atoms with Crippen LogP contribution in [-0.4, -0.2) is 0 Å². The molecule has 0 fully saturated rings. The maximum atomic E-state index is 2.48. The maximum absolute atomic E-state index is 2.48. The van der Waals surface area contributed by atoms with Gasteiger partial charge in [-0.05, 0) is 128 Å². The summed E-state index contributed by atoms with van der Waals surface area (Å²) in [4.78, 5) is 4.96. The highest BCUT2D eigenvalue weighted by Crippen LogP contribution is 2.48. The maximum Gasteiger partial charge on any atom is 0.0540 e. The number of nitrogens with zero attached hydrogens (tertiary/aromatic N) is 2. The van der Waals surface area contributed by atoms with Gasteiger partial charge in [0.05, 0.1) is 11.4 Å². The van der Waals surface area contributed by atoms with Crippen molar-refractivity contribution in [3.8, 4) is 0 Å². The molecule has 0 saturated carbocycles. The second-order valence-corrected chi connectivity index (χ2v) is 16.3. The summed E-state index contributed by atoms with van der Waals surface area (Å²) < 4.78 is 0. The van der Waals surface area contributed by atoms with Gasteiger partial charge in [0.1, 0.15) is 0 Å². The first-order valence-electron chi connectivity index (χ1n) is 19.8. The molecule has 0 spiro atoms. The fourth-order valence-corrected chi connectivity index (χ4v) is 8.11. The van der Waals surface area contributed by atoms with Crippen molar-refractivity contribution in [2.24, 2.45) is 0 Å². The van der Waals surface area contributed by atoms with Crippen LogP contribution in [0.1, 0.15) is 101 Å². The Morgan fingerprint density at radius 3 is 0.870 bits per heavy atom. The third-order valence-electron chi connectivity index (χ3n) is 11.3. The Morgan fingerprint density at radius 1 is 0.315 bits per heavy atom. The van der Waals surface area contributed by atoms with Crippen molar-refractivity contribution in [2.45, 2.75) is 79.1 Å². The van der Waals surface area contributed by atoms with E-state index in [0.29, 0.717) is 23.7 Å².